The molecule has 0 amide bonds. The predicted octanol–water partition coefficient (Wildman–Crippen LogP) is 3.06. The minimum Gasteiger partial charge on any atom is -0.303 e. The number of nitrogens with one attached hydrogen (secondary N) is 1. The largest absolute Gasteiger partial charge is 0.303 e. The van der Waals surface area contributed by atoms with Crippen molar-refractivity contribution in [2.75, 3.05) is 6.26 Å². The summed E-state index contributed by atoms with van der Waals surface area (Å²) in [5, 5.41) is 11.8. The summed E-state index contributed by atoms with van der Waals surface area (Å²) in [6.45, 7) is 4.50. The molecule has 136 valence electrons. The highest BCUT2D eigenvalue weighted by molar-refractivity contribution is 8.13. The third-order valence-electron chi connectivity index (χ3n) is 3.64. The van der Waals surface area contributed by atoms with Crippen molar-refractivity contribution >= 4 is 42.1 Å². The van der Waals surface area contributed by atoms with Crippen LogP contribution >= 0.6 is 37.0 Å². The number of aromatic nitrogens is 3. The minimum absolute atomic E-state index is 0.0974. The zero-order valence-corrected chi connectivity index (χ0v) is 17.2. The quantitative estimate of drug-likeness (QED) is 0.599. The van der Waals surface area contributed by atoms with E-state index >= 15 is 0 Å². The van der Waals surface area contributed by atoms with Crippen LogP contribution in [0.15, 0.2) is 24.4 Å². The van der Waals surface area contributed by atoms with Gasteiger partial charge < -0.3 is 5.32 Å². The first kappa shape index (κ1) is 20.4. The van der Waals surface area contributed by atoms with Gasteiger partial charge >= 0.3 is 0 Å². The van der Waals surface area contributed by atoms with Crippen LogP contribution in [0.3, 0.4) is 0 Å². The molecule has 0 spiro atoms. The van der Waals surface area contributed by atoms with Crippen molar-refractivity contribution in [1.82, 2.24) is 20.3 Å². The average molecular weight is 397 g/mol. The van der Waals surface area contributed by atoms with Gasteiger partial charge in [-0.15, -0.1) is 5.10 Å². The van der Waals surface area contributed by atoms with Crippen molar-refractivity contribution in [2.45, 2.75) is 44.0 Å². The third kappa shape index (κ3) is 5.77. The van der Waals surface area contributed by atoms with Crippen molar-refractivity contribution in [3.63, 3.8) is 0 Å². The van der Waals surface area contributed by atoms with E-state index in [0.29, 0.717) is 18.1 Å². The molecule has 1 heterocycles. The molecule has 2 rings (SSSR count). The van der Waals surface area contributed by atoms with Crippen LogP contribution in [0.4, 0.5) is 0 Å². The molecular formula is C17H24N4OS3. The average Bonchev–Trinajstić information content (AvgIpc) is 3.08. The van der Waals surface area contributed by atoms with Gasteiger partial charge in [0.1, 0.15) is 5.69 Å². The van der Waals surface area contributed by atoms with Crippen molar-refractivity contribution in [1.29, 1.82) is 0 Å². The van der Waals surface area contributed by atoms with Crippen LogP contribution < -0.4 is 5.32 Å². The number of nitrogens with zero attached hydrogens (tertiary/aromatic N) is 3. The van der Waals surface area contributed by atoms with E-state index in [1.54, 1.807) is 10.9 Å². The van der Waals surface area contributed by atoms with Gasteiger partial charge in [0.05, 0.1) is 18.8 Å². The van der Waals surface area contributed by atoms with Crippen LogP contribution in [0, 0.1) is 0 Å². The number of carbonyl (C=O) groups is 1. The summed E-state index contributed by atoms with van der Waals surface area (Å²) in [7, 11) is 0. The molecule has 0 bridgehead atoms. The molecule has 1 N–H and O–H groups in total. The zero-order valence-electron chi connectivity index (χ0n) is 14.6. The molecule has 0 saturated heterocycles. The topological polar surface area (TPSA) is 59.8 Å². The van der Waals surface area contributed by atoms with Crippen molar-refractivity contribution < 1.29 is 4.79 Å². The number of hydrogen-bond donors (Lipinski definition) is 3. The van der Waals surface area contributed by atoms with E-state index in [9.17, 15) is 4.79 Å². The van der Waals surface area contributed by atoms with Crippen LogP contribution in [0.1, 0.15) is 25.0 Å². The Balaban J connectivity index is 2.22. The van der Waals surface area contributed by atoms with E-state index in [1.165, 1.54) is 11.8 Å². The minimum atomic E-state index is -0.290. The van der Waals surface area contributed by atoms with E-state index in [4.69, 9.17) is 0 Å². The number of hydrogen-bond acceptors (Lipinski definition) is 7. The highest BCUT2D eigenvalue weighted by Crippen LogP contribution is 2.22. The second-order valence-electron chi connectivity index (χ2n) is 6.08. The molecule has 2 aromatic rings. The van der Waals surface area contributed by atoms with Gasteiger partial charge in [-0.3, -0.25) is 4.79 Å². The maximum Gasteiger partial charge on any atom is 0.207 e. The van der Waals surface area contributed by atoms with E-state index in [2.05, 4.69) is 59.1 Å². The lowest BCUT2D eigenvalue weighted by molar-refractivity contribution is -0.113. The Bertz CT molecular complexity index is 695. The Hall–Kier alpha value is -0.960. The first-order valence-corrected chi connectivity index (χ1v) is 10.5. The SMILES string of the molecule is CSC(=O)C(Cn1cc(-c2cc(CS)cc(CS)c2)nn1)NC(C)C. The summed E-state index contributed by atoms with van der Waals surface area (Å²) in [4.78, 5) is 12.1. The molecule has 1 atom stereocenters. The first-order chi connectivity index (χ1) is 12.0. The zero-order chi connectivity index (χ0) is 18.4. The molecule has 25 heavy (non-hydrogen) atoms. The van der Waals surface area contributed by atoms with Crippen LogP contribution in [-0.2, 0) is 22.8 Å². The highest BCUT2D eigenvalue weighted by atomic mass is 32.2. The molecule has 0 radical (unpaired) electrons. The Morgan fingerprint density at radius 2 is 1.88 bits per heavy atom. The van der Waals surface area contributed by atoms with Gasteiger partial charge in [-0.1, -0.05) is 36.9 Å². The molecule has 0 aliphatic carbocycles. The molecule has 1 unspecified atom stereocenters. The van der Waals surface area contributed by atoms with Crippen molar-refractivity contribution in [2.24, 2.45) is 0 Å². The van der Waals surface area contributed by atoms with E-state index in [1.807, 2.05) is 20.0 Å². The Kier molecular flexibility index (Phi) is 7.86. The van der Waals surface area contributed by atoms with Crippen molar-refractivity contribution in [3.8, 4) is 11.3 Å². The van der Waals surface area contributed by atoms with Crippen LogP contribution in [0.5, 0.6) is 0 Å². The Labute approximate surface area is 164 Å². The Morgan fingerprint density at radius 3 is 2.40 bits per heavy atom. The summed E-state index contributed by atoms with van der Waals surface area (Å²) >= 11 is 9.94. The summed E-state index contributed by atoms with van der Waals surface area (Å²) in [6.07, 6.45) is 3.68. The molecule has 0 saturated carbocycles. The van der Waals surface area contributed by atoms with Gasteiger partial charge in [-0.05, 0) is 29.5 Å². The molecule has 0 aliphatic heterocycles. The van der Waals surface area contributed by atoms with E-state index in [0.717, 1.165) is 22.4 Å². The van der Waals surface area contributed by atoms with E-state index < -0.39 is 0 Å². The van der Waals surface area contributed by atoms with Crippen LogP contribution in [0.2, 0.25) is 0 Å². The van der Waals surface area contributed by atoms with Crippen LogP contribution in [0.25, 0.3) is 11.3 Å². The van der Waals surface area contributed by atoms with Gasteiger partial charge in [0.15, 0.2) is 0 Å². The van der Waals surface area contributed by atoms with Gasteiger partial charge in [0, 0.05) is 23.1 Å². The number of benzene rings is 1. The lowest BCUT2D eigenvalue weighted by atomic mass is 10.1. The van der Waals surface area contributed by atoms with Gasteiger partial charge in [0.2, 0.25) is 5.12 Å². The van der Waals surface area contributed by atoms with Crippen molar-refractivity contribution in [3.05, 3.63) is 35.5 Å². The summed E-state index contributed by atoms with van der Waals surface area (Å²) in [5.41, 5.74) is 4.02. The monoisotopic (exact) mass is 396 g/mol. The van der Waals surface area contributed by atoms with Gasteiger partial charge in [-0.25, -0.2) is 4.68 Å². The fourth-order valence-corrected chi connectivity index (χ4v) is 3.33. The Morgan fingerprint density at radius 1 is 1.24 bits per heavy atom. The fourth-order valence-electron chi connectivity index (χ4n) is 2.54. The lowest BCUT2D eigenvalue weighted by Crippen LogP contribution is -2.42. The second kappa shape index (κ2) is 9.66. The number of rotatable bonds is 8. The maximum absolute atomic E-state index is 12.1. The summed E-state index contributed by atoms with van der Waals surface area (Å²) in [5.74, 6) is 1.32. The molecule has 1 aromatic heterocycles. The number of thioether (sulfide) groups is 1. The summed E-state index contributed by atoms with van der Waals surface area (Å²) in [6, 6.07) is 6.14. The number of thiol groups is 2. The highest BCUT2D eigenvalue weighted by Gasteiger charge is 2.20. The standard InChI is InChI=1S/C17H24N4OS3/c1-11(2)18-16(17(22)25-3)8-21-7-15(19-20-21)14-5-12(9-23)4-13(6-14)10-24/h4-7,11,16,18,23-24H,8-10H2,1-3H3. The second-order valence-corrected chi connectivity index (χ2v) is 7.52. The molecule has 8 heteroatoms. The molecule has 0 fully saturated rings. The van der Waals surface area contributed by atoms with Crippen LogP contribution in [-0.4, -0.2) is 38.4 Å². The molecule has 1 aromatic carbocycles. The maximum atomic E-state index is 12.1. The molecule has 5 nitrogen and oxygen atoms in total. The smallest absolute Gasteiger partial charge is 0.207 e. The molecular weight excluding hydrogens is 372 g/mol. The normalized spacial score (nSPS) is 12.6. The predicted molar refractivity (Wildman–Crippen MR) is 111 cm³/mol. The van der Waals surface area contributed by atoms with Gasteiger partial charge in [0.25, 0.3) is 0 Å². The fraction of sp³-hybridized carbons (Fsp3) is 0.471. The number of carbonyl (C=O) groups excluding carboxylic acids is 1. The lowest BCUT2D eigenvalue weighted by Gasteiger charge is -2.18. The summed E-state index contributed by atoms with van der Waals surface area (Å²) < 4.78 is 1.72. The first-order valence-electron chi connectivity index (χ1n) is 8.05. The third-order valence-corrected chi connectivity index (χ3v) is 5.06. The van der Waals surface area contributed by atoms with E-state index in [-0.39, 0.29) is 17.2 Å². The van der Waals surface area contributed by atoms with Gasteiger partial charge in [-0.2, -0.15) is 25.3 Å². The molecule has 0 aliphatic rings.